The van der Waals surface area contributed by atoms with E-state index in [1.54, 1.807) is 4.90 Å². The van der Waals surface area contributed by atoms with Crippen LogP contribution in [-0.2, 0) is 14.3 Å². The van der Waals surface area contributed by atoms with E-state index in [1.807, 2.05) is 30.3 Å². The van der Waals surface area contributed by atoms with Crippen LogP contribution >= 0.6 is 0 Å². The normalized spacial score (nSPS) is 22.4. The minimum absolute atomic E-state index is 0.156. The zero-order valence-electron chi connectivity index (χ0n) is 10.8. The molecule has 2 heterocycles. The Hall–Kier alpha value is -2.21. The van der Waals surface area contributed by atoms with Crippen LogP contribution in [0.15, 0.2) is 35.3 Å². The summed E-state index contributed by atoms with van der Waals surface area (Å²) >= 11 is 0. The molecule has 1 atom stereocenters. The predicted octanol–water partition coefficient (Wildman–Crippen LogP) is 1.18. The van der Waals surface area contributed by atoms with E-state index >= 15 is 0 Å². The van der Waals surface area contributed by atoms with Crippen LogP contribution in [0.5, 0.6) is 0 Å². The molecule has 2 aliphatic heterocycles. The average Bonchev–Trinajstić information content (AvgIpc) is 2.90. The van der Waals surface area contributed by atoms with Gasteiger partial charge in [-0.25, -0.2) is 4.79 Å². The number of rotatable bonds is 2. The first-order valence-electron chi connectivity index (χ1n) is 6.47. The van der Waals surface area contributed by atoms with E-state index in [0.717, 1.165) is 5.56 Å². The number of carbonyl (C=O) groups is 2. The number of morpholine rings is 1. The van der Waals surface area contributed by atoms with E-state index in [9.17, 15) is 9.59 Å². The first-order valence-corrected chi connectivity index (χ1v) is 6.47. The van der Waals surface area contributed by atoms with Crippen LogP contribution in [0.1, 0.15) is 11.7 Å². The Morgan fingerprint density at radius 3 is 2.60 bits per heavy atom. The van der Waals surface area contributed by atoms with E-state index in [1.165, 1.54) is 0 Å². The summed E-state index contributed by atoms with van der Waals surface area (Å²) in [7, 11) is 0. The Morgan fingerprint density at radius 1 is 1.20 bits per heavy atom. The molecule has 0 saturated carbocycles. The number of hydrogen-bond acceptors (Lipinski definition) is 4. The lowest BCUT2D eigenvalue weighted by Crippen LogP contribution is -2.44. The van der Waals surface area contributed by atoms with Crippen molar-refractivity contribution in [1.29, 1.82) is 0 Å². The standard InChI is InChI=1S/C14H14N2O4/c17-13(16-6-8-19-9-7-16)11-12(20-14(18)15-11)10-4-2-1-3-5-10/h1-5,12H,6-9H2. The molecule has 2 aliphatic rings. The van der Waals surface area contributed by atoms with Gasteiger partial charge in [0.1, 0.15) is 0 Å². The van der Waals surface area contributed by atoms with Crippen LogP contribution in [-0.4, -0.2) is 48.9 Å². The molecular weight excluding hydrogens is 260 g/mol. The van der Waals surface area contributed by atoms with Crippen molar-refractivity contribution < 1.29 is 19.1 Å². The molecule has 0 radical (unpaired) electrons. The summed E-state index contributed by atoms with van der Waals surface area (Å²) in [5.74, 6) is -0.256. The van der Waals surface area contributed by atoms with Crippen LogP contribution in [0.4, 0.5) is 4.79 Å². The molecule has 1 unspecified atom stereocenters. The van der Waals surface area contributed by atoms with Crippen LogP contribution in [0.3, 0.4) is 0 Å². The van der Waals surface area contributed by atoms with E-state index in [-0.39, 0.29) is 11.6 Å². The second-order valence-electron chi connectivity index (χ2n) is 4.58. The Labute approximate surface area is 116 Å². The van der Waals surface area contributed by atoms with Crippen molar-refractivity contribution in [2.75, 3.05) is 26.3 Å². The number of hydrogen-bond donors (Lipinski definition) is 0. The summed E-state index contributed by atoms with van der Waals surface area (Å²) in [5, 5.41) is 0. The van der Waals surface area contributed by atoms with Crippen LogP contribution < -0.4 is 0 Å². The van der Waals surface area contributed by atoms with Gasteiger partial charge in [-0.05, 0) is 5.56 Å². The lowest BCUT2D eigenvalue weighted by Gasteiger charge is -2.27. The molecule has 0 spiro atoms. The van der Waals surface area contributed by atoms with Crippen molar-refractivity contribution in [3.63, 3.8) is 0 Å². The van der Waals surface area contributed by atoms with Crippen molar-refractivity contribution in [3.8, 4) is 0 Å². The molecular formula is C14H14N2O4. The largest absolute Gasteiger partial charge is 0.435 e. The van der Waals surface area contributed by atoms with Crippen LogP contribution in [0, 0.1) is 0 Å². The zero-order chi connectivity index (χ0) is 13.9. The number of nitrogens with zero attached hydrogens (tertiary/aromatic N) is 2. The van der Waals surface area contributed by atoms with Crippen molar-refractivity contribution in [2.45, 2.75) is 6.10 Å². The summed E-state index contributed by atoms with van der Waals surface area (Å²) in [6.07, 6.45) is -1.42. The van der Waals surface area contributed by atoms with Gasteiger partial charge in [0.2, 0.25) is 0 Å². The van der Waals surface area contributed by atoms with Crippen LogP contribution in [0.2, 0.25) is 0 Å². The van der Waals surface area contributed by atoms with Gasteiger partial charge in [-0.2, -0.15) is 4.99 Å². The molecule has 1 fully saturated rings. The van der Waals surface area contributed by atoms with Crippen molar-refractivity contribution >= 4 is 17.7 Å². The maximum absolute atomic E-state index is 12.4. The summed E-state index contributed by atoms with van der Waals surface area (Å²) in [5.41, 5.74) is 0.904. The van der Waals surface area contributed by atoms with E-state index in [4.69, 9.17) is 9.47 Å². The van der Waals surface area contributed by atoms with Gasteiger partial charge in [-0.1, -0.05) is 30.3 Å². The molecule has 0 bridgehead atoms. The molecule has 1 aromatic carbocycles. The Kier molecular flexibility index (Phi) is 3.47. The highest BCUT2D eigenvalue weighted by Gasteiger charge is 2.37. The number of ether oxygens (including phenoxy) is 2. The summed E-state index contributed by atoms with van der Waals surface area (Å²) in [6.45, 7) is 2.02. The zero-order valence-corrected chi connectivity index (χ0v) is 10.8. The van der Waals surface area contributed by atoms with Gasteiger partial charge in [0.05, 0.1) is 13.2 Å². The van der Waals surface area contributed by atoms with Crippen molar-refractivity contribution in [1.82, 2.24) is 4.90 Å². The summed E-state index contributed by atoms with van der Waals surface area (Å²) in [6, 6.07) is 9.15. The molecule has 104 valence electrons. The van der Waals surface area contributed by atoms with Gasteiger partial charge >= 0.3 is 6.09 Å². The predicted molar refractivity (Wildman–Crippen MR) is 70.5 cm³/mol. The fourth-order valence-electron chi connectivity index (χ4n) is 2.28. The van der Waals surface area contributed by atoms with E-state index in [0.29, 0.717) is 26.3 Å². The van der Waals surface area contributed by atoms with Gasteiger partial charge < -0.3 is 14.4 Å². The monoisotopic (exact) mass is 274 g/mol. The Morgan fingerprint density at radius 2 is 1.90 bits per heavy atom. The number of carbonyl (C=O) groups excluding carboxylic acids is 2. The lowest BCUT2D eigenvalue weighted by atomic mass is 10.0. The topological polar surface area (TPSA) is 68.2 Å². The van der Waals surface area contributed by atoms with Crippen molar-refractivity contribution in [2.24, 2.45) is 4.99 Å². The molecule has 1 saturated heterocycles. The minimum Gasteiger partial charge on any atom is -0.433 e. The maximum atomic E-state index is 12.4. The van der Waals surface area contributed by atoms with Gasteiger partial charge in [-0.15, -0.1) is 0 Å². The smallest absolute Gasteiger partial charge is 0.433 e. The number of amides is 2. The van der Waals surface area contributed by atoms with Gasteiger partial charge in [0, 0.05) is 13.1 Å². The lowest BCUT2D eigenvalue weighted by molar-refractivity contribution is -0.128. The molecule has 3 rings (SSSR count). The fraction of sp³-hybridized carbons (Fsp3) is 0.357. The number of aliphatic imine (C=N–C) groups is 1. The highest BCUT2D eigenvalue weighted by molar-refractivity contribution is 6.43. The van der Waals surface area contributed by atoms with Gasteiger partial charge in [-0.3, -0.25) is 4.79 Å². The third-order valence-corrected chi connectivity index (χ3v) is 3.30. The Bertz CT molecular complexity index is 550. The minimum atomic E-state index is -0.713. The first kappa shape index (κ1) is 12.8. The highest BCUT2D eigenvalue weighted by Crippen LogP contribution is 2.26. The number of benzene rings is 1. The molecule has 6 heteroatoms. The summed E-state index contributed by atoms with van der Waals surface area (Å²) in [4.78, 5) is 29.2. The molecule has 0 aliphatic carbocycles. The fourth-order valence-corrected chi connectivity index (χ4v) is 2.28. The van der Waals surface area contributed by atoms with Crippen LogP contribution in [0.25, 0.3) is 0 Å². The van der Waals surface area contributed by atoms with Crippen molar-refractivity contribution in [3.05, 3.63) is 35.9 Å². The highest BCUT2D eigenvalue weighted by atomic mass is 16.6. The Balaban J connectivity index is 1.84. The third kappa shape index (κ3) is 2.42. The average molecular weight is 274 g/mol. The SMILES string of the molecule is O=C1N=C(C(=O)N2CCOCC2)C(c2ccccc2)O1. The second-order valence-corrected chi connectivity index (χ2v) is 4.58. The first-order chi connectivity index (χ1) is 9.75. The second kappa shape index (κ2) is 5.42. The van der Waals surface area contributed by atoms with Gasteiger partial charge in [0.25, 0.3) is 5.91 Å². The molecule has 0 aromatic heterocycles. The number of cyclic esters (lactones) is 1. The maximum Gasteiger partial charge on any atom is 0.435 e. The molecule has 20 heavy (non-hydrogen) atoms. The van der Waals surface area contributed by atoms with E-state index < -0.39 is 12.2 Å². The molecule has 0 N–H and O–H groups in total. The van der Waals surface area contributed by atoms with Gasteiger partial charge in [0.15, 0.2) is 11.8 Å². The third-order valence-electron chi connectivity index (χ3n) is 3.30. The molecule has 6 nitrogen and oxygen atoms in total. The quantitative estimate of drug-likeness (QED) is 0.812. The molecule has 1 aromatic rings. The van der Waals surface area contributed by atoms with E-state index in [2.05, 4.69) is 4.99 Å². The summed E-state index contributed by atoms with van der Waals surface area (Å²) < 4.78 is 10.4. The molecule has 2 amide bonds.